The van der Waals surface area contributed by atoms with Gasteiger partial charge in [-0.15, -0.1) is 0 Å². The highest BCUT2D eigenvalue weighted by Crippen LogP contribution is 2.28. The molecular formula is C19H26N4O4. The highest BCUT2D eigenvalue weighted by atomic mass is 16.5. The molecule has 8 heteroatoms. The number of rotatable bonds is 9. The van der Waals surface area contributed by atoms with Gasteiger partial charge in [0.1, 0.15) is 11.6 Å². The second-order valence-electron chi connectivity index (χ2n) is 6.32. The van der Waals surface area contributed by atoms with Crippen LogP contribution in [0, 0.1) is 6.92 Å². The van der Waals surface area contributed by atoms with Crippen LogP contribution in [0.4, 0.5) is 11.8 Å². The third kappa shape index (κ3) is 5.07. The van der Waals surface area contributed by atoms with Gasteiger partial charge in [-0.2, -0.15) is 4.98 Å². The first-order valence-electron chi connectivity index (χ1n) is 8.80. The number of nitrogens with two attached hydrogens (primary N) is 1. The number of nitrogens with one attached hydrogen (secondary N) is 1. The largest absolute Gasteiger partial charge is 0.496 e. The normalized spacial score (nSPS) is 11.9. The Labute approximate surface area is 158 Å². The van der Waals surface area contributed by atoms with Crippen molar-refractivity contribution in [2.75, 3.05) is 24.8 Å². The molecule has 5 N–H and O–H groups in total. The van der Waals surface area contributed by atoms with Crippen molar-refractivity contribution in [1.82, 2.24) is 9.97 Å². The van der Waals surface area contributed by atoms with Crippen LogP contribution in [0.5, 0.6) is 5.75 Å². The van der Waals surface area contributed by atoms with Crippen LogP contribution in [0.2, 0.25) is 0 Å². The molecule has 0 fully saturated rings. The van der Waals surface area contributed by atoms with Crippen LogP contribution < -0.4 is 15.8 Å². The summed E-state index contributed by atoms with van der Waals surface area (Å²) < 4.78 is 5.36. The van der Waals surface area contributed by atoms with Crippen molar-refractivity contribution in [2.45, 2.75) is 39.2 Å². The lowest BCUT2D eigenvalue weighted by Gasteiger charge is -2.20. The Morgan fingerprint density at radius 3 is 2.70 bits per heavy atom. The van der Waals surface area contributed by atoms with E-state index in [0.29, 0.717) is 23.7 Å². The van der Waals surface area contributed by atoms with Crippen molar-refractivity contribution in [1.29, 1.82) is 0 Å². The van der Waals surface area contributed by atoms with Crippen LogP contribution in [-0.4, -0.2) is 45.9 Å². The van der Waals surface area contributed by atoms with E-state index in [0.717, 1.165) is 24.0 Å². The van der Waals surface area contributed by atoms with E-state index in [9.17, 15) is 9.90 Å². The average molecular weight is 374 g/mol. The van der Waals surface area contributed by atoms with Crippen LogP contribution >= 0.6 is 0 Å². The molecule has 1 atom stereocenters. The van der Waals surface area contributed by atoms with Gasteiger partial charge in [0.2, 0.25) is 5.95 Å². The van der Waals surface area contributed by atoms with Crippen LogP contribution in [-0.2, 0) is 6.42 Å². The standard InChI is InChI=1S/C19H26N4O4/c1-4-5-14(10-24)22-17-15(11(2)21-19(20)23-17)8-12-6-7-13(18(25)26)9-16(12)27-3/h6-7,9,14,24H,4-5,8,10H2,1-3H3,(H,25,26)(H3,20,21,22,23)/t14-/m0/s1. The molecule has 0 aliphatic rings. The number of carbonyl (C=O) groups is 1. The van der Waals surface area contributed by atoms with Gasteiger partial charge in [-0.1, -0.05) is 19.4 Å². The summed E-state index contributed by atoms with van der Waals surface area (Å²) in [7, 11) is 1.50. The van der Waals surface area contributed by atoms with Crippen LogP contribution in [0.3, 0.4) is 0 Å². The van der Waals surface area contributed by atoms with Crippen molar-refractivity contribution in [3.8, 4) is 5.75 Å². The summed E-state index contributed by atoms with van der Waals surface area (Å²) in [5.41, 5.74) is 8.30. The van der Waals surface area contributed by atoms with Gasteiger partial charge >= 0.3 is 5.97 Å². The van der Waals surface area contributed by atoms with Crippen molar-refractivity contribution in [3.63, 3.8) is 0 Å². The van der Waals surface area contributed by atoms with E-state index >= 15 is 0 Å². The maximum atomic E-state index is 11.2. The van der Waals surface area contributed by atoms with E-state index in [1.807, 2.05) is 13.8 Å². The van der Waals surface area contributed by atoms with Crippen molar-refractivity contribution in [3.05, 3.63) is 40.6 Å². The molecule has 0 amide bonds. The van der Waals surface area contributed by atoms with Crippen LogP contribution in [0.1, 0.15) is 46.9 Å². The molecule has 2 aromatic rings. The number of hydrogen-bond acceptors (Lipinski definition) is 7. The Morgan fingerprint density at radius 2 is 2.11 bits per heavy atom. The number of benzene rings is 1. The summed E-state index contributed by atoms with van der Waals surface area (Å²) in [6.07, 6.45) is 2.13. The first kappa shape index (κ1) is 20.4. The first-order valence-corrected chi connectivity index (χ1v) is 8.80. The minimum atomic E-state index is -1.01. The fraction of sp³-hybridized carbons (Fsp3) is 0.421. The number of aromatic nitrogens is 2. The lowest BCUT2D eigenvalue weighted by Crippen LogP contribution is -2.25. The second kappa shape index (κ2) is 9.18. The van der Waals surface area contributed by atoms with E-state index < -0.39 is 5.97 Å². The molecule has 0 saturated heterocycles. The van der Waals surface area contributed by atoms with E-state index in [4.69, 9.17) is 15.6 Å². The Balaban J connectivity index is 2.42. The lowest BCUT2D eigenvalue weighted by atomic mass is 10.0. The molecule has 146 valence electrons. The minimum Gasteiger partial charge on any atom is -0.496 e. The van der Waals surface area contributed by atoms with Gasteiger partial charge in [-0.3, -0.25) is 0 Å². The Morgan fingerprint density at radius 1 is 1.37 bits per heavy atom. The predicted octanol–water partition coefficient (Wildman–Crippen LogP) is 2.24. The molecule has 0 bridgehead atoms. The first-order chi connectivity index (χ1) is 12.9. The van der Waals surface area contributed by atoms with Crippen LogP contribution in [0.15, 0.2) is 18.2 Å². The molecule has 0 aliphatic carbocycles. The molecule has 0 unspecified atom stereocenters. The Kier molecular flexibility index (Phi) is 6.95. The lowest BCUT2D eigenvalue weighted by molar-refractivity contribution is 0.0696. The summed E-state index contributed by atoms with van der Waals surface area (Å²) in [6, 6.07) is 4.61. The quantitative estimate of drug-likeness (QED) is 0.526. The summed E-state index contributed by atoms with van der Waals surface area (Å²) >= 11 is 0. The number of carboxylic acid groups (broad SMARTS) is 1. The Bertz CT molecular complexity index is 811. The fourth-order valence-electron chi connectivity index (χ4n) is 2.91. The van der Waals surface area contributed by atoms with Gasteiger partial charge in [-0.25, -0.2) is 9.78 Å². The smallest absolute Gasteiger partial charge is 0.335 e. The summed E-state index contributed by atoms with van der Waals surface area (Å²) in [6.45, 7) is 3.86. The monoisotopic (exact) mass is 374 g/mol. The number of carboxylic acids is 1. The maximum absolute atomic E-state index is 11.2. The molecule has 0 aliphatic heterocycles. The maximum Gasteiger partial charge on any atom is 0.335 e. The third-order valence-electron chi connectivity index (χ3n) is 4.33. The summed E-state index contributed by atoms with van der Waals surface area (Å²) in [5, 5.41) is 22.0. The number of aromatic carboxylic acids is 1. The zero-order chi connectivity index (χ0) is 20.0. The van der Waals surface area contributed by atoms with Gasteiger partial charge in [0.05, 0.1) is 25.3 Å². The van der Waals surface area contributed by atoms with Gasteiger partial charge in [0, 0.05) is 17.7 Å². The van der Waals surface area contributed by atoms with E-state index in [-0.39, 0.29) is 24.2 Å². The average Bonchev–Trinajstić information content (AvgIpc) is 2.63. The number of aliphatic hydroxyl groups excluding tert-OH is 1. The molecule has 0 saturated carbocycles. The molecule has 0 radical (unpaired) electrons. The minimum absolute atomic E-state index is 0.0210. The summed E-state index contributed by atoms with van der Waals surface area (Å²) in [4.78, 5) is 19.7. The second-order valence-corrected chi connectivity index (χ2v) is 6.32. The van der Waals surface area contributed by atoms with Gasteiger partial charge in [-0.05, 0) is 31.0 Å². The number of methoxy groups -OCH3 is 1. The van der Waals surface area contributed by atoms with Crippen molar-refractivity contribution >= 4 is 17.7 Å². The fourth-order valence-corrected chi connectivity index (χ4v) is 2.91. The van der Waals surface area contributed by atoms with Gasteiger partial charge in [0.25, 0.3) is 0 Å². The van der Waals surface area contributed by atoms with E-state index in [2.05, 4.69) is 15.3 Å². The third-order valence-corrected chi connectivity index (χ3v) is 4.33. The van der Waals surface area contributed by atoms with Gasteiger partial charge < -0.3 is 26.0 Å². The predicted molar refractivity (Wildman–Crippen MR) is 103 cm³/mol. The molecule has 0 spiro atoms. The van der Waals surface area contributed by atoms with E-state index in [1.165, 1.54) is 19.2 Å². The number of aliphatic hydroxyl groups is 1. The molecule has 8 nitrogen and oxygen atoms in total. The Hall–Kier alpha value is -2.87. The topological polar surface area (TPSA) is 131 Å². The molecule has 1 aromatic heterocycles. The SMILES string of the molecule is CCC[C@@H](CO)Nc1nc(N)nc(C)c1Cc1ccc(C(=O)O)cc1OC. The van der Waals surface area contributed by atoms with E-state index in [1.54, 1.807) is 6.07 Å². The highest BCUT2D eigenvalue weighted by molar-refractivity contribution is 5.88. The molecule has 1 heterocycles. The zero-order valence-corrected chi connectivity index (χ0v) is 15.8. The number of anilines is 2. The number of nitrogens with zero attached hydrogens (tertiary/aromatic N) is 2. The van der Waals surface area contributed by atoms with Crippen molar-refractivity contribution < 1.29 is 19.7 Å². The van der Waals surface area contributed by atoms with Crippen LogP contribution in [0.25, 0.3) is 0 Å². The molecule has 2 rings (SSSR count). The summed E-state index contributed by atoms with van der Waals surface area (Å²) in [5.74, 6) is 0.181. The van der Waals surface area contributed by atoms with Gasteiger partial charge in [0.15, 0.2) is 0 Å². The molecule has 27 heavy (non-hydrogen) atoms. The number of hydrogen-bond donors (Lipinski definition) is 4. The highest BCUT2D eigenvalue weighted by Gasteiger charge is 2.17. The zero-order valence-electron chi connectivity index (χ0n) is 15.8. The molecule has 1 aromatic carbocycles. The number of nitrogen functional groups attached to an aromatic ring is 1. The molecular weight excluding hydrogens is 348 g/mol. The van der Waals surface area contributed by atoms with Crippen molar-refractivity contribution in [2.24, 2.45) is 0 Å². The number of ether oxygens (including phenoxy) is 1. The number of aryl methyl sites for hydroxylation is 1.